The molecule has 0 saturated carbocycles. The summed E-state index contributed by atoms with van der Waals surface area (Å²) >= 11 is 0. The second-order valence-electron chi connectivity index (χ2n) is 7.32. The lowest BCUT2D eigenvalue weighted by Crippen LogP contribution is -2.37. The van der Waals surface area contributed by atoms with Gasteiger partial charge >= 0.3 is 0 Å². The topological polar surface area (TPSA) is 66.5 Å². The van der Waals surface area contributed by atoms with Crippen LogP contribution in [0, 0.1) is 5.82 Å². The predicted molar refractivity (Wildman–Crippen MR) is 105 cm³/mol. The molecule has 2 aromatic rings. The molecule has 0 aromatic heterocycles. The summed E-state index contributed by atoms with van der Waals surface area (Å²) in [7, 11) is -3.68. The number of nitrogens with zero attached hydrogens (tertiary/aromatic N) is 1. The summed E-state index contributed by atoms with van der Waals surface area (Å²) in [5.41, 5.74) is 1.49. The van der Waals surface area contributed by atoms with Gasteiger partial charge in [-0.05, 0) is 47.4 Å². The molecule has 2 rings (SSSR count). The molecule has 27 heavy (non-hydrogen) atoms. The average Bonchev–Trinajstić information content (AvgIpc) is 2.59. The van der Waals surface area contributed by atoms with Gasteiger partial charge in [0.2, 0.25) is 15.9 Å². The van der Waals surface area contributed by atoms with Gasteiger partial charge in [0.25, 0.3) is 0 Å². The largest absolute Gasteiger partial charge is 0.311 e. The van der Waals surface area contributed by atoms with Crippen LogP contribution in [-0.4, -0.2) is 27.4 Å². The van der Waals surface area contributed by atoms with Gasteiger partial charge in [-0.25, -0.2) is 17.5 Å². The summed E-state index contributed by atoms with van der Waals surface area (Å²) in [6.07, 6.45) is 0. The van der Waals surface area contributed by atoms with Crippen molar-refractivity contribution in [1.82, 2.24) is 4.72 Å². The van der Waals surface area contributed by atoms with Crippen molar-refractivity contribution in [2.45, 2.75) is 38.0 Å². The Labute approximate surface area is 160 Å². The molecule has 2 aromatic carbocycles. The van der Waals surface area contributed by atoms with Crippen LogP contribution in [-0.2, 0) is 20.2 Å². The Kier molecular flexibility index (Phi) is 6.38. The molecule has 0 radical (unpaired) electrons. The van der Waals surface area contributed by atoms with E-state index in [2.05, 4.69) is 25.5 Å². The Morgan fingerprint density at radius 1 is 1.04 bits per heavy atom. The highest BCUT2D eigenvalue weighted by Gasteiger charge is 2.18. The van der Waals surface area contributed by atoms with E-state index in [1.165, 1.54) is 36.1 Å². The third-order valence-corrected chi connectivity index (χ3v) is 5.65. The third-order valence-electron chi connectivity index (χ3n) is 4.18. The fraction of sp³-hybridized carbons (Fsp3) is 0.350. The van der Waals surface area contributed by atoms with Gasteiger partial charge in [0.15, 0.2) is 0 Å². The number of carbonyl (C=O) groups is 1. The van der Waals surface area contributed by atoms with Crippen LogP contribution in [0.2, 0.25) is 0 Å². The Bertz CT molecular complexity index is 886. The Morgan fingerprint density at radius 2 is 1.59 bits per heavy atom. The van der Waals surface area contributed by atoms with Crippen LogP contribution in [0.3, 0.4) is 0 Å². The lowest BCUT2D eigenvalue weighted by atomic mass is 9.87. The predicted octanol–water partition coefficient (Wildman–Crippen LogP) is 3.45. The smallest absolute Gasteiger partial charge is 0.240 e. The van der Waals surface area contributed by atoms with Crippen molar-refractivity contribution in [3.05, 3.63) is 59.9 Å². The molecule has 1 N–H and O–H groups in total. The quantitative estimate of drug-likeness (QED) is 0.819. The first kappa shape index (κ1) is 21.1. The van der Waals surface area contributed by atoms with Gasteiger partial charge in [0, 0.05) is 25.7 Å². The maximum absolute atomic E-state index is 13.1. The van der Waals surface area contributed by atoms with Crippen molar-refractivity contribution in [2.24, 2.45) is 0 Å². The first-order valence-electron chi connectivity index (χ1n) is 8.64. The zero-order valence-corrected chi connectivity index (χ0v) is 16.8. The van der Waals surface area contributed by atoms with Crippen molar-refractivity contribution in [1.29, 1.82) is 0 Å². The normalized spacial score (nSPS) is 12.0. The standard InChI is InChI=1S/C20H25FN2O3S/c1-15(24)23(18-9-7-17(21)8-10-18)14-13-22-27(25,26)19-11-5-16(6-12-19)20(2,3)4/h5-12,22H,13-14H2,1-4H3. The van der Waals surface area contributed by atoms with E-state index in [0.717, 1.165) is 5.56 Å². The first-order chi connectivity index (χ1) is 12.5. The zero-order chi connectivity index (χ0) is 20.2. The number of halogens is 1. The monoisotopic (exact) mass is 392 g/mol. The van der Waals surface area contributed by atoms with Gasteiger partial charge in [-0.3, -0.25) is 4.79 Å². The van der Waals surface area contributed by atoms with E-state index in [0.29, 0.717) is 5.69 Å². The average molecular weight is 392 g/mol. The number of hydrogen-bond acceptors (Lipinski definition) is 3. The number of sulfonamides is 1. The maximum atomic E-state index is 13.1. The van der Waals surface area contributed by atoms with E-state index in [1.54, 1.807) is 24.3 Å². The van der Waals surface area contributed by atoms with Crippen LogP contribution < -0.4 is 9.62 Å². The van der Waals surface area contributed by atoms with Crippen LogP contribution in [0.5, 0.6) is 0 Å². The van der Waals surface area contributed by atoms with E-state index < -0.39 is 15.8 Å². The maximum Gasteiger partial charge on any atom is 0.240 e. The Hall–Kier alpha value is -2.25. The number of hydrogen-bond donors (Lipinski definition) is 1. The van der Waals surface area contributed by atoms with Gasteiger partial charge in [-0.1, -0.05) is 32.9 Å². The van der Waals surface area contributed by atoms with Crippen molar-refractivity contribution >= 4 is 21.6 Å². The third kappa shape index (κ3) is 5.61. The molecule has 0 unspecified atom stereocenters. The molecule has 0 bridgehead atoms. The molecule has 146 valence electrons. The number of carbonyl (C=O) groups excluding carboxylic acids is 1. The summed E-state index contributed by atoms with van der Waals surface area (Å²) in [5.74, 6) is -0.656. The van der Waals surface area contributed by atoms with Crippen molar-refractivity contribution in [2.75, 3.05) is 18.0 Å². The van der Waals surface area contributed by atoms with E-state index in [1.807, 2.05) is 0 Å². The summed E-state index contributed by atoms with van der Waals surface area (Å²) in [6.45, 7) is 7.73. The molecule has 1 amide bonds. The zero-order valence-electron chi connectivity index (χ0n) is 16.0. The fourth-order valence-corrected chi connectivity index (χ4v) is 3.62. The molecule has 0 atom stereocenters. The summed E-state index contributed by atoms with van der Waals surface area (Å²) in [5, 5.41) is 0. The minimum atomic E-state index is -3.68. The van der Waals surface area contributed by atoms with Gasteiger partial charge < -0.3 is 4.90 Å². The molecule has 0 spiro atoms. The molecule has 0 saturated heterocycles. The van der Waals surface area contributed by atoms with Crippen LogP contribution in [0.15, 0.2) is 53.4 Å². The minimum Gasteiger partial charge on any atom is -0.311 e. The number of benzene rings is 2. The second-order valence-corrected chi connectivity index (χ2v) is 9.09. The van der Waals surface area contributed by atoms with Crippen molar-refractivity contribution in [3.63, 3.8) is 0 Å². The van der Waals surface area contributed by atoms with Gasteiger partial charge in [-0.15, -0.1) is 0 Å². The molecule has 7 heteroatoms. The van der Waals surface area contributed by atoms with E-state index in [4.69, 9.17) is 0 Å². The van der Waals surface area contributed by atoms with Gasteiger partial charge in [0.05, 0.1) is 4.90 Å². The van der Waals surface area contributed by atoms with E-state index in [9.17, 15) is 17.6 Å². The highest BCUT2D eigenvalue weighted by atomic mass is 32.2. The summed E-state index contributed by atoms with van der Waals surface area (Å²) in [6, 6.07) is 12.2. The van der Waals surface area contributed by atoms with Crippen LogP contribution >= 0.6 is 0 Å². The number of nitrogens with one attached hydrogen (secondary N) is 1. The number of anilines is 1. The van der Waals surface area contributed by atoms with Gasteiger partial charge in [-0.2, -0.15) is 0 Å². The highest BCUT2D eigenvalue weighted by Crippen LogP contribution is 2.23. The van der Waals surface area contributed by atoms with Crippen molar-refractivity contribution in [3.8, 4) is 0 Å². The summed E-state index contributed by atoms with van der Waals surface area (Å²) < 4.78 is 40.5. The molecular formula is C20H25FN2O3S. The lowest BCUT2D eigenvalue weighted by molar-refractivity contribution is -0.116. The first-order valence-corrected chi connectivity index (χ1v) is 10.1. The molecule has 0 aliphatic rings. The lowest BCUT2D eigenvalue weighted by Gasteiger charge is -2.21. The van der Waals surface area contributed by atoms with Gasteiger partial charge in [0.1, 0.15) is 5.82 Å². The van der Waals surface area contributed by atoms with Crippen LogP contribution in [0.1, 0.15) is 33.3 Å². The second kappa shape index (κ2) is 8.19. The van der Waals surface area contributed by atoms with Crippen LogP contribution in [0.25, 0.3) is 0 Å². The Morgan fingerprint density at radius 3 is 2.07 bits per heavy atom. The minimum absolute atomic E-state index is 0.0420. The summed E-state index contributed by atoms with van der Waals surface area (Å²) in [4.78, 5) is 13.4. The molecular weight excluding hydrogens is 367 g/mol. The van der Waals surface area contributed by atoms with Crippen LogP contribution in [0.4, 0.5) is 10.1 Å². The molecule has 0 fully saturated rings. The fourth-order valence-electron chi connectivity index (χ4n) is 2.60. The molecule has 5 nitrogen and oxygen atoms in total. The highest BCUT2D eigenvalue weighted by molar-refractivity contribution is 7.89. The number of rotatable bonds is 6. The molecule has 0 heterocycles. The van der Waals surface area contributed by atoms with Crippen molar-refractivity contribution < 1.29 is 17.6 Å². The molecule has 0 aliphatic carbocycles. The number of amides is 1. The Balaban J connectivity index is 2.05. The van der Waals surface area contributed by atoms with E-state index in [-0.39, 0.29) is 29.3 Å². The van der Waals surface area contributed by atoms with E-state index >= 15 is 0 Å². The SMILES string of the molecule is CC(=O)N(CCNS(=O)(=O)c1ccc(C(C)(C)C)cc1)c1ccc(F)cc1. The molecule has 0 aliphatic heterocycles.